The molecular weight excluding hydrogens is 661 g/mol. The van der Waals surface area contributed by atoms with Crippen LogP contribution in [-0.2, 0) is 5.41 Å². The van der Waals surface area contributed by atoms with E-state index < -0.39 is 0 Å². The second-order valence-corrected chi connectivity index (χ2v) is 13.9. The molecule has 0 unspecified atom stereocenters. The van der Waals surface area contributed by atoms with Crippen molar-refractivity contribution in [1.29, 1.82) is 0 Å². The van der Waals surface area contributed by atoms with Gasteiger partial charge in [0, 0.05) is 46.1 Å². The first-order chi connectivity index (χ1) is 26.6. The quantitative estimate of drug-likeness (QED) is 0.157. The Morgan fingerprint density at radius 2 is 0.926 bits per heavy atom. The summed E-state index contributed by atoms with van der Waals surface area (Å²) in [5, 5.41) is 0. The molecule has 1 aliphatic rings. The number of aromatic nitrogens is 3. The lowest BCUT2D eigenvalue weighted by atomic mass is 9.73. The third kappa shape index (κ3) is 5.94. The summed E-state index contributed by atoms with van der Waals surface area (Å²) in [6.45, 7) is 4.67. The second kappa shape index (κ2) is 13.8. The lowest BCUT2D eigenvalue weighted by Gasteiger charge is -2.43. The minimum Gasteiger partial charge on any atom is -0.309 e. The zero-order valence-corrected chi connectivity index (χ0v) is 30.2. The van der Waals surface area contributed by atoms with Crippen molar-refractivity contribution in [3.63, 3.8) is 0 Å². The third-order valence-corrected chi connectivity index (χ3v) is 10.2. The Morgan fingerprint density at radius 1 is 0.444 bits per heavy atom. The topological polar surface area (TPSA) is 48.4 Å². The standard InChI is InChI=1S/C48H38N6/c1-48(2)43-30-38(52(36-16-8-4-9-17-36)40-20-12-28-49-32-40)23-26-46(43)54(42-22-25-45(51-34-42)35-14-6-3-7-15-35)47-27-24-39(31-44(47)48)53(37-18-10-5-11-19-37)41-21-13-29-50-33-41/h3-34H,1-2H3. The van der Waals surface area contributed by atoms with Crippen LogP contribution in [0.15, 0.2) is 195 Å². The molecule has 0 fully saturated rings. The fourth-order valence-corrected chi connectivity index (χ4v) is 7.59. The van der Waals surface area contributed by atoms with Crippen LogP contribution in [0.25, 0.3) is 11.3 Å². The number of rotatable bonds is 8. The van der Waals surface area contributed by atoms with E-state index in [4.69, 9.17) is 4.98 Å². The maximum atomic E-state index is 4.98. The van der Waals surface area contributed by atoms with Gasteiger partial charge in [0.2, 0.25) is 0 Å². The van der Waals surface area contributed by atoms with Gasteiger partial charge in [0.05, 0.1) is 52.7 Å². The molecule has 0 N–H and O–H groups in total. The van der Waals surface area contributed by atoms with Gasteiger partial charge in [-0.2, -0.15) is 0 Å². The van der Waals surface area contributed by atoms with E-state index in [2.05, 4.69) is 172 Å². The number of hydrogen-bond donors (Lipinski definition) is 0. The van der Waals surface area contributed by atoms with Gasteiger partial charge in [0.15, 0.2) is 0 Å². The van der Waals surface area contributed by atoms with E-state index >= 15 is 0 Å². The maximum Gasteiger partial charge on any atom is 0.0703 e. The molecule has 9 rings (SSSR count). The zero-order valence-electron chi connectivity index (χ0n) is 30.2. The Labute approximate surface area is 316 Å². The fourth-order valence-electron chi connectivity index (χ4n) is 7.59. The SMILES string of the molecule is CC1(C)c2cc(N(c3ccccc3)c3cccnc3)ccc2N(c2ccc(-c3ccccc3)nc2)c2ccc(N(c3ccccc3)c3cccnc3)cc21. The van der Waals surface area contributed by atoms with E-state index in [1.807, 2.05) is 61.3 Å². The van der Waals surface area contributed by atoms with Crippen molar-refractivity contribution in [1.82, 2.24) is 15.0 Å². The van der Waals surface area contributed by atoms with Crippen LogP contribution in [0.2, 0.25) is 0 Å². The van der Waals surface area contributed by atoms with E-state index in [0.717, 1.165) is 62.4 Å². The van der Waals surface area contributed by atoms with E-state index in [-0.39, 0.29) is 5.41 Å². The number of para-hydroxylation sites is 2. The molecule has 0 spiro atoms. The molecule has 0 bridgehead atoms. The Morgan fingerprint density at radius 3 is 1.37 bits per heavy atom. The number of nitrogens with zero attached hydrogens (tertiary/aromatic N) is 6. The summed E-state index contributed by atoms with van der Waals surface area (Å²) in [5.41, 5.74) is 13.5. The molecule has 0 aliphatic carbocycles. The van der Waals surface area contributed by atoms with Crippen molar-refractivity contribution in [2.45, 2.75) is 19.3 Å². The minimum atomic E-state index is -0.390. The largest absolute Gasteiger partial charge is 0.309 e. The molecular formula is C48H38N6. The van der Waals surface area contributed by atoms with Crippen molar-refractivity contribution >= 4 is 51.2 Å². The van der Waals surface area contributed by atoms with Gasteiger partial charge in [-0.3, -0.25) is 15.0 Å². The highest BCUT2D eigenvalue weighted by molar-refractivity contribution is 5.90. The highest BCUT2D eigenvalue weighted by atomic mass is 15.2. The van der Waals surface area contributed by atoms with Crippen molar-refractivity contribution in [3.8, 4) is 11.3 Å². The second-order valence-electron chi connectivity index (χ2n) is 13.9. The number of pyridine rings is 3. The minimum absolute atomic E-state index is 0.390. The van der Waals surface area contributed by atoms with Crippen LogP contribution in [0.5, 0.6) is 0 Å². The molecule has 1 aliphatic heterocycles. The third-order valence-electron chi connectivity index (χ3n) is 10.2. The van der Waals surface area contributed by atoms with Crippen LogP contribution in [0.3, 0.4) is 0 Å². The van der Waals surface area contributed by atoms with Crippen molar-refractivity contribution in [2.24, 2.45) is 0 Å². The van der Waals surface area contributed by atoms with Crippen LogP contribution in [0.4, 0.5) is 51.2 Å². The molecule has 8 aromatic rings. The van der Waals surface area contributed by atoms with E-state index in [0.29, 0.717) is 0 Å². The van der Waals surface area contributed by atoms with Gasteiger partial charge in [0.1, 0.15) is 0 Å². The van der Waals surface area contributed by atoms with E-state index in [1.54, 1.807) is 0 Å². The summed E-state index contributed by atoms with van der Waals surface area (Å²) in [6, 6.07) is 57.4. The molecule has 0 saturated heterocycles. The predicted molar refractivity (Wildman–Crippen MR) is 221 cm³/mol. The molecule has 54 heavy (non-hydrogen) atoms. The molecule has 0 radical (unpaired) electrons. The molecule has 3 aromatic heterocycles. The number of hydrogen-bond acceptors (Lipinski definition) is 6. The molecule has 0 amide bonds. The Bertz CT molecular complexity index is 2290. The number of anilines is 9. The predicted octanol–water partition coefficient (Wildman–Crippen LogP) is 12.6. The molecule has 6 heteroatoms. The van der Waals surface area contributed by atoms with Crippen LogP contribution in [0.1, 0.15) is 25.0 Å². The summed E-state index contributed by atoms with van der Waals surface area (Å²) < 4.78 is 0. The Kier molecular flexibility index (Phi) is 8.40. The van der Waals surface area contributed by atoms with E-state index in [1.165, 1.54) is 11.1 Å². The number of benzene rings is 5. The van der Waals surface area contributed by atoms with Gasteiger partial charge in [0.25, 0.3) is 0 Å². The fraction of sp³-hybridized carbons (Fsp3) is 0.0625. The molecule has 260 valence electrons. The summed E-state index contributed by atoms with van der Waals surface area (Å²) in [6.07, 6.45) is 9.46. The van der Waals surface area contributed by atoms with Gasteiger partial charge in [-0.15, -0.1) is 0 Å². The van der Waals surface area contributed by atoms with Crippen molar-refractivity contribution in [3.05, 3.63) is 206 Å². The van der Waals surface area contributed by atoms with Gasteiger partial charge in [-0.05, 0) is 108 Å². The molecule has 4 heterocycles. The van der Waals surface area contributed by atoms with Crippen LogP contribution >= 0.6 is 0 Å². The average molecular weight is 699 g/mol. The summed E-state index contributed by atoms with van der Waals surface area (Å²) in [4.78, 5) is 20.9. The maximum absolute atomic E-state index is 4.98. The van der Waals surface area contributed by atoms with Gasteiger partial charge in [-0.1, -0.05) is 80.6 Å². The van der Waals surface area contributed by atoms with Crippen LogP contribution in [0, 0.1) is 0 Å². The first-order valence-corrected chi connectivity index (χ1v) is 18.2. The molecule has 0 saturated carbocycles. The molecule has 5 aromatic carbocycles. The smallest absolute Gasteiger partial charge is 0.0703 e. The van der Waals surface area contributed by atoms with Crippen LogP contribution < -0.4 is 14.7 Å². The summed E-state index contributed by atoms with van der Waals surface area (Å²) in [5.74, 6) is 0. The Hall–Kier alpha value is -7.05. The highest BCUT2D eigenvalue weighted by Crippen LogP contribution is 2.54. The monoisotopic (exact) mass is 698 g/mol. The Balaban J connectivity index is 1.24. The zero-order chi connectivity index (χ0) is 36.5. The van der Waals surface area contributed by atoms with Crippen molar-refractivity contribution < 1.29 is 0 Å². The number of fused-ring (bicyclic) bond motifs is 2. The summed E-state index contributed by atoms with van der Waals surface area (Å²) in [7, 11) is 0. The lowest BCUT2D eigenvalue weighted by molar-refractivity contribution is 0.632. The highest BCUT2D eigenvalue weighted by Gasteiger charge is 2.38. The van der Waals surface area contributed by atoms with E-state index in [9.17, 15) is 0 Å². The van der Waals surface area contributed by atoms with Crippen molar-refractivity contribution in [2.75, 3.05) is 14.7 Å². The lowest BCUT2D eigenvalue weighted by Crippen LogP contribution is -2.31. The van der Waals surface area contributed by atoms with Gasteiger partial charge in [-0.25, -0.2) is 0 Å². The van der Waals surface area contributed by atoms with Gasteiger partial charge >= 0.3 is 0 Å². The van der Waals surface area contributed by atoms with Crippen LogP contribution in [-0.4, -0.2) is 15.0 Å². The first kappa shape index (κ1) is 32.8. The summed E-state index contributed by atoms with van der Waals surface area (Å²) >= 11 is 0. The average Bonchev–Trinajstić information content (AvgIpc) is 3.24. The molecule has 0 atom stereocenters. The van der Waals surface area contributed by atoms with Gasteiger partial charge < -0.3 is 14.7 Å². The normalized spacial score (nSPS) is 12.7. The first-order valence-electron chi connectivity index (χ1n) is 18.2. The molecule has 6 nitrogen and oxygen atoms in total.